The number of rotatable bonds is 5. The summed E-state index contributed by atoms with van der Waals surface area (Å²) in [5, 5.41) is 0.591. The Kier molecular flexibility index (Phi) is 4.39. The molecule has 0 fully saturated rings. The molecule has 1 heterocycles. The van der Waals surface area contributed by atoms with Gasteiger partial charge in [0.25, 0.3) is 0 Å². The Morgan fingerprint density at radius 3 is 2.95 bits per heavy atom. The van der Waals surface area contributed by atoms with E-state index in [9.17, 15) is 0 Å². The predicted molar refractivity (Wildman–Crippen MR) is 79.8 cm³/mol. The van der Waals surface area contributed by atoms with E-state index in [2.05, 4.69) is 4.98 Å². The Morgan fingerprint density at radius 1 is 1.53 bits per heavy atom. The monoisotopic (exact) mass is 295 g/mol. The molecule has 1 aromatic carbocycles. The molecule has 19 heavy (non-hydrogen) atoms. The van der Waals surface area contributed by atoms with Gasteiger partial charge in [0.15, 0.2) is 0 Å². The summed E-state index contributed by atoms with van der Waals surface area (Å²) >= 11 is 10.9. The Hall–Kier alpha value is -1.59. The first kappa shape index (κ1) is 13.8. The van der Waals surface area contributed by atoms with Gasteiger partial charge < -0.3 is 15.0 Å². The lowest BCUT2D eigenvalue weighted by molar-refractivity contribution is 0.296. The van der Waals surface area contributed by atoms with Gasteiger partial charge in [0.05, 0.1) is 12.1 Å². The normalized spacial score (nSPS) is 10.4. The molecule has 100 valence electrons. The lowest BCUT2D eigenvalue weighted by Crippen LogP contribution is -2.14. The van der Waals surface area contributed by atoms with Crippen LogP contribution < -0.4 is 10.5 Å². The molecule has 0 aliphatic rings. The molecule has 2 aromatic rings. The van der Waals surface area contributed by atoms with Gasteiger partial charge in [-0.25, -0.2) is 4.98 Å². The maximum absolute atomic E-state index is 5.95. The standard InChI is InChI=1S/C13H14ClN3OS/c1-9-16-4-5-17(9)6-7-18-12-8-10(14)2-3-11(12)13(15)19/h2-5,8H,6-7H2,1H3,(H2,15,19). The van der Waals surface area contributed by atoms with E-state index in [-0.39, 0.29) is 0 Å². The van der Waals surface area contributed by atoms with Gasteiger partial charge in [0.2, 0.25) is 0 Å². The fourth-order valence-corrected chi connectivity index (χ4v) is 2.04. The van der Waals surface area contributed by atoms with Crippen LogP contribution in [-0.2, 0) is 6.54 Å². The third kappa shape index (κ3) is 3.45. The number of hydrogen-bond donors (Lipinski definition) is 1. The molecule has 0 atom stereocenters. The van der Waals surface area contributed by atoms with Gasteiger partial charge >= 0.3 is 0 Å². The van der Waals surface area contributed by atoms with Crippen molar-refractivity contribution in [3.63, 3.8) is 0 Å². The molecule has 0 radical (unpaired) electrons. The quantitative estimate of drug-likeness (QED) is 0.861. The highest BCUT2D eigenvalue weighted by Gasteiger charge is 2.07. The van der Waals surface area contributed by atoms with Crippen LogP contribution in [0.4, 0.5) is 0 Å². The fraction of sp³-hybridized carbons (Fsp3) is 0.231. The van der Waals surface area contributed by atoms with E-state index in [1.54, 1.807) is 24.4 Å². The van der Waals surface area contributed by atoms with E-state index < -0.39 is 0 Å². The molecule has 2 rings (SSSR count). The van der Waals surface area contributed by atoms with Crippen molar-refractivity contribution in [1.29, 1.82) is 0 Å². The zero-order valence-corrected chi connectivity index (χ0v) is 12.0. The molecule has 0 saturated carbocycles. The molecule has 0 bridgehead atoms. The summed E-state index contributed by atoms with van der Waals surface area (Å²) in [7, 11) is 0. The van der Waals surface area contributed by atoms with Crippen molar-refractivity contribution in [1.82, 2.24) is 9.55 Å². The van der Waals surface area contributed by atoms with Crippen LogP contribution in [-0.4, -0.2) is 21.1 Å². The number of hydrogen-bond acceptors (Lipinski definition) is 3. The van der Waals surface area contributed by atoms with E-state index in [0.717, 1.165) is 5.82 Å². The van der Waals surface area contributed by atoms with Crippen LogP contribution in [0.5, 0.6) is 5.75 Å². The minimum absolute atomic E-state index is 0.297. The summed E-state index contributed by atoms with van der Waals surface area (Å²) in [5.74, 6) is 1.56. The number of ether oxygens (including phenoxy) is 1. The second-order valence-electron chi connectivity index (χ2n) is 4.02. The molecular weight excluding hydrogens is 282 g/mol. The van der Waals surface area contributed by atoms with E-state index in [4.69, 9.17) is 34.3 Å². The first-order valence-corrected chi connectivity index (χ1v) is 6.56. The van der Waals surface area contributed by atoms with Crippen LogP contribution >= 0.6 is 23.8 Å². The first-order valence-electron chi connectivity index (χ1n) is 5.78. The van der Waals surface area contributed by atoms with Crippen molar-refractivity contribution in [2.45, 2.75) is 13.5 Å². The molecule has 2 N–H and O–H groups in total. The Bertz CT molecular complexity index is 597. The second kappa shape index (κ2) is 6.04. The molecule has 0 aliphatic heterocycles. The van der Waals surface area contributed by atoms with Gasteiger partial charge in [-0.3, -0.25) is 0 Å². The van der Waals surface area contributed by atoms with E-state index in [1.165, 1.54) is 0 Å². The van der Waals surface area contributed by atoms with Gasteiger partial charge in [0, 0.05) is 17.4 Å². The summed E-state index contributed by atoms with van der Waals surface area (Å²) in [6.07, 6.45) is 3.67. The molecule has 6 heteroatoms. The van der Waals surface area contributed by atoms with Gasteiger partial charge in [0.1, 0.15) is 23.2 Å². The summed E-state index contributed by atoms with van der Waals surface area (Å²) in [6.45, 7) is 3.14. The molecule has 0 amide bonds. The molecule has 0 aliphatic carbocycles. The van der Waals surface area contributed by atoms with Crippen molar-refractivity contribution in [2.24, 2.45) is 5.73 Å². The SMILES string of the molecule is Cc1nccn1CCOc1cc(Cl)ccc1C(N)=S. The zero-order valence-electron chi connectivity index (χ0n) is 10.5. The average Bonchev–Trinajstić information content (AvgIpc) is 2.75. The summed E-state index contributed by atoms with van der Waals surface area (Å²) in [5.41, 5.74) is 6.34. The van der Waals surface area contributed by atoms with Crippen LogP contribution in [0.2, 0.25) is 5.02 Å². The smallest absolute Gasteiger partial charge is 0.131 e. The lowest BCUT2D eigenvalue weighted by Gasteiger charge is -2.12. The highest BCUT2D eigenvalue weighted by Crippen LogP contribution is 2.23. The summed E-state index contributed by atoms with van der Waals surface area (Å²) in [4.78, 5) is 4.44. The molecule has 0 unspecified atom stereocenters. The van der Waals surface area contributed by atoms with Crippen molar-refractivity contribution in [2.75, 3.05) is 6.61 Å². The maximum Gasteiger partial charge on any atom is 0.131 e. The van der Waals surface area contributed by atoms with Crippen molar-refractivity contribution in [3.8, 4) is 5.75 Å². The van der Waals surface area contributed by atoms with Gasteiger partial charge in [-0.1, -0.05) is 23.8 Å². The maximum atomic E-state index is 5.95. The van der Waals surface area contributed by atoms with Crippen LogP contribution in [0.15, 0.2) is 30.6 Å². The van der Waals surface area contributed by atoms with E-state index >= 15 is 0 Å². The van der Waals surface area contributed by atoms with Crippen LogP contribution in [0.25, 0.3) is 0 Å². The molecular formula is C13H14ClN3OS. The average molecular weight is 296 g/mol. The number of aryl methyl sites for hydroxylation is 1. The highest BCUT2D eigenvalue weighted by atomic mass is 35.5. The Balaban J connectivity index is 2.05. The van der Waals surface area contributed by atoms with Gasteiger partial charge in [-0.2, -0.15) is 0 Å². The Morgan fingerprint density at radius 2 is 2.32 bits per heavy atom. The predicted octanol–water partition coefficient (Wildman–Crippen LogP) is 2.56. The number of benzene rings is 1. The third-order valence-corrected chi connectivity index (χ3v) is 3.18. The lowest BCUT2D eigenvalue weighted by atomic mass is 10.2. The highest BCUT2D eigenvalue weighted by molar-refractivity contribution is 7.80. The van der Waals surface area contributed by atoms with Gasteiger partial charge in [-0.15, -0.1) is 0 Å². The van der Waals surface area contributed by atoms with Crippen molar-refractivity contribution >= 4 is 28.8 Å². The minimum atomic E-state index is 0.297. The molecule has 1 aromatic heterocycles. The number of halogens is 1. The number of nitrogens with zero attached hydrogens (tertiary/aromatic N) is 2. The number of thiocarbonyl (C=S) groups is 1. The number of nitrogens with two attached hydrogens (primary N) is 1. The molecule has 4 nitrogen and oxygen atoms in total. The molecule has 0 spiro atoms. The van der Waals surface area contributed by atoms with Crippen LogP contribution in [0.3, 0.4) is 0 Å². The van der Waals surface area contributed by atoms with Crippen molar-refractivity contribution < 1.29 is 4.74 Å². The van der Waals surface area contributed by atoms with Gasteiger partial charge in [-0.05, 0) is 25.1 Å². The summed E-state index contributed by atoms with van der Waals surface area (Å²) < 4.78 is 7.71. The largest absolute Gasteiger partial charge is 0.491 e. The van der Waals surface area contributed by atoms with E-state index in [0.29, 0.717) is 34.5 Å². The number of imidazole rings is 1. The van der Waals surface area contributed by atoms with Crippen molar-refractivity contribution in [3.05, 3.63) is 47.0 Å². The Labute approximate surface area is 122 Å². The second-order valence-corrected chi connectivity index (χ2v) is 4.90. The van der Waals surface area contributed by atoms with Crippen LogP contribution in [0, 0.1) is 6.92 Å². The fourth-order valence-electron chi connectivity index (χ4n) is 1.71. The summed E-state index contributed by atoms with van der Waals surface area (Å²) in [6, 6.07) is 5.22. The topological polar surface area (TPSA) is 53.1 Å². The van der Waals surface area contributed by atoms with E-state index in [1.807, 2.05) is 17.7 Å². The first-order chi connectivity index (χ1) is 9.08. The molecule has 0 saturated heterocycles. The zero-order chi connectivity index (χ0) is 13.8. The van der Waals surface area contributed by atoms with Crippen LogP contribution in [0.1, 0.15) is 11.4 Å². The minimum Gasteiger partial charge on any atom is -0.491 e. The third-order valence-electron chi connectivity index (χ3n) is 2.72. The number of aromatic nitrogens is 2.